The molecular formula is C25H27ClN4O3S. The maximum Gasteiger partial charge on any atom is 0.338 e. The van der Waals surface area contributed by atoms with E-state index in [1.807, 2.05) is 76.2 Å². The zero-order valence-electron chi connectivity index (χ0n) is 19.5. The van der Waals surface area contributed by atoms with Gasteiger partial charge in [0, 0.05) is 10.7 Å². The van der Waals surface area contributed by atoms with Crippen molar-refractivity contribution < 1.29 is 14.3 Å². The number of aromatic nitrogens is 3. The Balaban J connectivity index is 1.63. The molecule has 0 bridgehead atoms. The molecule has 7 nitrogen and oxygen atoms in total. The first kappa shape index (κ1) is 24.2. The standard InChI is InChI=1S/C25H27ClN4O3S/c1-5-34-25-28-24-27-16(4)21(23(31)33-15(2)3)22(30(24)29-25)18-8-12-20(13-9-18)32-14-17-6-10-19(26)11-7-17/h6-13,15,22H,5,14H2,1-4H3,(H,27,28,29). The Labute approximate surface area is 208 Å². The van der Waals surface area contributed by atoms with Crippen LogP contribution in [0, 0.1) is 0 Å². The maximum absolute atomic E-state index is 13.1. The van der Waals surface area contributed by atoms with Gasteiger partial charge in [0.2, 0.25) is 11.1 Å². The van der Waals surface area contributed by atoms with Crippen LogP contribution in [0.1, 0.15) is 44.9 Å². The third-order valence-corrected chi connectivity index (χ3v) is 6.16. The van der Waals surface area contributed by atoms with Gasteiger partial charge < -0.3 is 14.8 Å². The number of esters is 1. The summed E-state index contributed by atoms with van der Waals surface area (Å²) in [7, 11) is 0. The van der Waals surface area contributed by atoms with Crippen LogP contribution < -0.4 is 10.1 Å². The molecule has 0 aliphatic carbocycles. The Morgan fingerprint density at radius 1 is 1.18 bits per heavy atom. The van der Waals surface area contributed by atoms with Gasteiger partial charge in [0.05, 0.1) is 11.7 Å². The van der Waals surface area contributed by atoms with Crippen LogP contribution in [0.4, 0.5) is 5.95 Å². The molecule has 2 aromatic carbocycles. The molecule has 0 saturated heterocycles. The number of nitrogens with zero attached hydrogens (tertiary/aromatic N) is 3. The number of hydrogen-bond donors (Lipinski definition) is 1. The molecule has 0 fully saturated rings. The van der Waals surface area contributed by atoms with Crippen molar-refractivity contribution in [2.45, 2.75) is 51.6 Å². The number of rotatable bonds is 8. The first-order valence-corrected chi connectivity index (χ1v) is 12.5. The van der Waals surface area contributed by atoms with Gasteiger partial charge in [0.25, 0.3) is 0 Å². The molecule has 0 spiro atoms. The fourth-order valence-electron chi connectivity index (χ4n) is 3.67. The highest BCUT2D eigenvalue weighted by Gasteiger charge is 2.35. The summed E-state index contributed by atoms with van der Waals surface area (Å²) >= 11 is 7.50. The molecule has 1 aliphatic heterocycles. The highest BCUT2D eigenvalue weighted by atomic mass is 35.5. The van der Waals surface area contributed by atoms with Crippen LogP contribution in [-0.2, 0) is 16.1 Å². The van der Waals surface area contributed by atoms with Gasteiger partial charge in [-0.1, -0.05) is 54.6 Å². The monoisotopic (exact) mass is 498 g/mol. The summed E-state index contributed by atoms with van der Waals surface area (Å²) in [6, 6.07) is 14.8. The van der Waals surface area contributed by atoms with E-state index in [0.717, 1.165) is 22.6 Å². The average Bonchev–Trinajstić information content (AvgIpc) is 3.20. The minimum Gasteiger partial charge on any atom is -0.489 e. The van der Waals surface area contributed by atoms with E-state index in [1.54, 1.807) is 16.4 Å². The van der Waals surface area contributed by atoms with Crippen LogP contribution in [-0.4, -0.2) is 32.6 Å². The molecule has 4 rings (SSSR count). The topological polar surface area (TPSA) is 78.3 Å². The van der Waals surface area contributed by atoms with Crippen molar-refractivity contribution in [2.75, 3.05) is 11.1 Å². The number of nitrogens with one attached hydrogen (secondary N) is 1. The SMILES string of the molecule is CCSc1nc2n(n1)C(c1ccc(OCc3ccc(Cl)cc3)cc1)C(C(=O)OC(C)C)=C(C)N2. The van der Waals surface area contributed by atoms with Gasteiger partial charge in [0.15, 0.2) is 0 Å². The maximum atomic E-state index is 13.1. The van der Waals surface area contributed by atoms with Crippen LogP contribution in [0.25, 0.3) is 0 Å². The van der Waals surface area contributed by atoms with E-state index in [4.69, 9.17) is 21.1 Å². The molecule has 0 radical (unpaired) electrons. The Kier molecular flexibility index (Phi) is 7.48. The molecule has 1 aromatic heterocycles. The molecular weight excluding hydrogens is 472 g/mol. The summed E-state index contributed by atoms with van der Waals surface area (Å²) in [5, 5.41) is 9.24. The van der Waals surface area contributed by atoms with E-state index < -0.39 is 6.04 Å². The van der Waals surface area contributed by atoms with E-state index in [0.29, 0.717) is 34.0 Å². The van der Waals surface area contributed by atoms with Crippen molar-refractivity contribution in [3.63, 3.8) is 0 Å². The lowest BCUT2D eigenvalue weighted by molar-refractivity contribution is -0.143. The number of fused-ring (bicyclic) bond motifs is 1. The average molecular weight is 499 g/mol. The third kappa shape index (κ3) is 5.39. The molecule has 2 heterocycles. The summed E-state index contributed by atoms with van der Waals surface area (Å²) in [5.74, 6) is 1.80. The van der Waals surface area contributed by atoms with Gasteiger partial charge in [-0.25, -0.2) is 9.48 Å². The summed E-state index contributed by atoms with van der Waals surface area (Å²) in [5.41, 5.74) is 3.12. The Morgan fingerprint density at radius 2 is 1.88 bits per heavy atom. The number of allylic oxidation sites excluding steroid dienone is 1. The highest BCUT2D eigenvalue weighted by molar-refractivity contribution is 7.99. The first-order chi connectivity index (χ1) is 16.4. The van der Waals surface area contributed by atoms with Crippen molar-refractivity contribution in [3.05, 3.63) is 76.0 Å². The number of hydrogen-bond acceptors (Lipinski definition) is 7. The van der Waals surface area contributed by atoms with E-state index in [9.17, 15) is 4.79 Å². The summed E-state index contributed by atoms with van der Waals surface area (Å²) in [4.78, 5) is 17.7. The van der Waals surface area contributed by atoms with E-state index in [1.165, 1.54) is 0 Å². The minimum absolute atomic E-state index is 0.236. The van der Waals surface area contributed by atoms with Crippen LogP contribution in [0.2, 0.25) is 5.02 Å². The second-order valence-corrected chi connectivity index (χ2v) is 9.77. The van der Waals surface area contributed by atoms with Gasteiger partial charge >= 0.3 is 5.97 Å². The van der Waals surface area contributed by atoms with Gasteiger partial charge in [-0.15, -0.1) is 5.10 Å². The van der Waals surface area contributed by atoms with Gasteiger partial charge in [-0.05, 0) is 61.9 Å². The highest BCUT2D eigenvalue weighted by Crippen LogP contribution is 2.37. The molecule has 1 unspecified atom stereocenters. The van der Waals surface area contributed by atoms with Crippen molar-refractivity contribution in [2.24, 2.45) is 0 Å². The Morgan fingerprint density at radius 3 is 2.53 bits per heavy atom. The molecule has 9 heteroatoms. The lowest BCUT2D eigenvalue weighted by Gasteiger charge is -2.28. The van der Waals surface area contributed by atoms with Crippen molar-refractivity contribution >= 4 is 35.3 Å². The van der Waals surface area contributed by atoms with Crippen LogP contribution in [0.5, 0.6) is 5.75 Å². The first-order valence-electron chi connectivity index (χ1n) is 11.1. The summed E-state index contributed by atoms with van der Waals surface area (Å²) in [6.45, 7) is 8.01. The second-order valence-electron chi connectivity index (χ2n) is 8.10. The van der Waals surface area contributed by atoms with E-state index in [-0.39, 0.29) is 12.1 Å². The largest absolute Gasteiger partial charge is 0.489 e. The molecule has 34 heavy (non-hydrogen) atoms. The molecule has 0 amide bonds. The molecule has 1 N–H and O–H groups in total. The molecule has 0 saturated carbocycles. The minimum atomic E-state index is -0.466. The zero-order valence-corrected chi connectivity index (χ0v) is 21.1. The van der Waals surface area contributed by atoms with E-state index in [2.05, 4.69) is 15.4 Å². The van der Waals surface area contributed by atoms with Crippen molar-refractivity contribution in [1.29, 1.82) is 0 Å². The fourth-order valence-corrected chi connectivity index (χ4v) is 4.35. The Hall–Kier alpha value is -2.97. The summed E-state index contributed by atoms with van der Waals surface area (Å²) < 4.78 is 13.2. The normalized spacial score (nSPS) is 15.2. The van der Waals surface area contributed by atoms with Crippen LogP contribution in [0.3, 0.4) is 0 Å². The van der Waals surface area contributed by atoms with Crippen LogP contribution in [0.15, 0.2) is 65.0 Å². The number of ether oxygens (including phenoxy) is 2. The number of thioether (sulfide) groups is 1. The quantitative estimate of drug-likeness (QED) is 0.307. The predicted molar refractivity (Wildman–Crippen MR) is 134 cm³/mol. The molecule has 1 atom stereocenters. The van der Waals surface area contributed by atoms with Gasteiger partial charge in [-0.2, -0.15) is 4.98 Å². The van der Waals surface area contributed by atoms with Gasteiger partial charge in [-0.3, -0.25) is 0 Å². The molecule has 178 valence electrons. The number of carbonyl (C=O) groups is 1. The van der Waals surface area contributed by atoms with Gasteiger partial charge in [0.1, 0.15) is 18.4 Å². The van der Waals surface area contributed by atoms with Crippen molar-refractivity contribution in [1.82, 2.24) is 14.8 Å². The Bertz CT molecular complexity index is 1190. The summed E-state index contributed by atoms with van der Waals surface area (Å²) in [6.07, 6.45) is -0.236. The number of halogens is 1. The van der Waals surface area contributed by atoms with Crippen LogP contribution >= 0.6 is 23.4 Å². The number of benzene rings is 2. The third-order valence-electron chi connectivity index (χ3n) is 5.18. The number of anilines is 1. The second kappa shape index (κ2) is 10.5. The van der Waals surface area contributed by atoms with Crippen molar-refractivity contribution in [3.8, 4) is 5.75 Å². The predicted octanol–water partition coefficient (Wildman–Crippen LogP) is 5.86. The molecule has 1 aliphatic rings. The zero-order chi connectivity index (χ0) is 24.2. The molecule has 3 aromatic rings. The lowest BCUT2D eigenvalue weighted by Crippen LogP contribution is -2.30. The lowest BCUT2D eigenvalue weighted by atomic mass is 9.95. The number of carbonyl (C=O) groups excluding carboxylic acids is 1. The van der Waals surface area contributed by atoms with E-state index >= 15 is 0 Å². The smallest absolute Gasteiger partial charge is 0.338 e. The fraction of sp³-hybridized carbons (Fsp3) is 0.320.